The highest BCUT2D eigenvalue weighted by Crippen LogP contribution is 2.21. The Morgan fingerprint density at radius 3 is 2.63 bits per heavy atom. The monoisotopic (exact) mass is 284 g/mol. The van der Waals surface area contributed by atoms with E-state index in [1.54, 1.807) is 0 Å². The molecule has 1 saturated heterocycles. The van der Waals surface area contributed by atoms with Gasteiger partial charge in [-0.05, 0) is 31.9 Å². The number of nitrogens with zero attached hydrogens (tertiary/aromatic N) is 1. The highest BCUT2D eigenvalue weighted by Gasteiger charge is 2.23. The minimum absolute atomic E-state index is 0. The number of rotatable bonds is 3. The number of para-hydroxylation sites is 1. The molecule has 106 valence electrons. The van der Waals surface area contributed by atoms with Gasteiger partial charge in [0.1, 0.15) is 5.75 Å². The Morgan fingerprint density at radius 1 is 1.37 bits per heavy atom. The number of amides is 1. The standard InChI is InChI=1S/C14H20N2O2.ClH/c1-2-18-13-6-4-3-5-12(13)14(17)16-9-7-11(15)8-10-16;/h3-6,11H,2,7-10,15H2,1H3;1H. The lowest BCUT2D eigenvalue weighted by molar-refractivity contribution is 0.0710. The Balaban J connectivity index is 0.00000180. The summed E-state index contributed by atoms with van der Waals surface area (Å²) in [5.74, 6) is 0.714. The van der Waals surface area contributed by atoms with Gasteiger partial charge in [0.25, 0.3) is 5.91 Å². The van der Waals surface area contributed by atoms with Gasteiger partial charge in [-0.2, -0.15) is 0 Å². The molecule has 0 atom stereocenters. The zero-order chi connectivity index (χ0) is 13.0. The lowest BCUT2D eigenvalue weighted by atomic mass is 10.0. The zero-order valence-corrected chi connectivity index (χ0v) is 12.0. The van der Waals surface area contributed by atoms with E-state index in [4.69, 9.17) is 10.5 Å². The molecule has 0 spiro atoms. The van der Waals surface area contributed by atoms with Gasteiger partial charge >= 0.3 is 0 Å². The van der Waals surface area contributed by atoms with Crippen LogP contribution in [0.3, 0.4) is 0 Å². The Morgan fingerprint density at radius 2 is 2.00 bits per heavy atom. The summed E-state index contributed by atoms with van der Waals surface area (Å²) in [5.41, 5.74) is 6.50. The minimum atomic E-state index is 0. The molecule has 0 radical (unpaired) electrons. The molecule has 1 amide bonds. The van der Waals surface area contributed by atoms with E-state index in [1.165, 1.54) is 0 Å². The fourth-order valence-electron chi connectivity index (χ4n) is 2.20. The van der Waals surface area contributed by atoms with Gasteiger partial charge in [-0.1, -0.05) is 12.1 Å². The van der Waals surface area contributed by atoms with Crippen LogP contribution in [0, 0.1) is 0 Å². The van der Waals surface area contributed by atoms with Crippen LogP contribution in [-0.2, 0) is 0 Å². The van der Waals surface area contributed by atoms with E-state index in [0.717, 1.165) is 25.9 Å². The van der Waals surface area contributed by atoms with Crippen molar-refractivity contribution in [2.24, 2.45) is 5.73 Å². The molecule has 0 saturated carbocycles. The van der Waals surface area contributed by atoms with Crippen LogP contribution in [0.1, 0.15) is 30.1 Å². The average Bonchev–Trinajstić information content (AvgIpc) is 2.40. The molecule has 1 aromatic rings. The van der Waals surface area contributed by atoms with Crippen LogP contribution >= 0.6 is 12.4 Å². The summed E-state index contributed by atoms with van der Waals surface area (Å²) in [6.07, 6.45) is 1.76. The van der Waals surface area contributed by atoms with E-state index >= 15 is 0 Å². The van der Waals surface area contributed by atoms with Crippen molar-refractivity contribution in [2.75, 3.05) is 19.7 Å². The SMILES string of the molecule is CCOc1ccccc1C(=O)N1CCC(N)CC1.Cl. The van der Waals surface area contributed by atoms with E-state index < -0.39 is 0 Å². The number of hydrogen-bond donors (Lipinski definition) is 1. The van der Waals surface area contributed by atoms with E-state index in [2.05, 4.69) is 0 Å². The van der Waals surface area contributed by atoms with Gasteiger partial charge in [0.05, 0.1) is 12.2 Å². The molecule has 1 aromatic carbocycles. The normalized spacial score (nSPS) is 15.8. The Hall–Kier alpha value is -1.26. The largest absolute Gasteiger partial charge is 0.493 e. The lowest BCUT2D eigenvalue weighted by Gasteiger charge is -2.30. The summed E-state index contributed by atoms with van der Waals surface area (Å²) >= 11 is 0. The molecule has 5 heteroatoms. The molecule has 1 heterocycles. The highest BCUT2D eigenvalue weighted by atomic mass is 35.5. The summed E-state index contributed by atoms with van der Waals surface area (Å²) < 4.78 is 5.50. The van der Waals surface area contributed by atoms with Crippen LogP contribution in [0.4, 0.5) is 0 Å². The summed E-state index contributed by atoms with van der Waals surface area (Å²) in [7, 11) is 0. The first-order chi connectivity index (χ1) is 8.72. The zero-order valence-electron chi connectivity index (χ0n) is 11.2. The number of halogens is 1. The molecule has 1 fully saturated rings. The molecule has 4 nitrogen and oxygen atoms in total. The molecule has 2 N–H and O–H groups in total. The molecule has 0 unspecified atom stereocenters. The Kier molecular flexibility index (Phi) is 6.12. The second kappa shape index (κ2) is 7.36. The van der Waals surface area contributed by atoms with Crippen LogP contribution in [0.5, 0.6) is 5.75 Å². The van der Waals surface area contributed by atoms with Crippen molar-refractivity contribution in [2.45, 2.75) is 25.8 Å². The summed E-state index contributed by atoms with van der Waals surface area (Å²) in [6.45, 7) is 3.96. The summed E-state index contributed by atoms with van der Waals surface area (Å²) in [4.78, 5) is 14.3. The van der Waals surface area contributed by atoms with Crippen molar-refractivity contribution in [1.29, 1.82) is 0 Å². The molecule has 19 heavy (non-hydrogen) atoms. The van der Waals surface area contributed by atoms with Gasteiger partial charge in [-0.25, -0.2) is 0 Å². The van der Waals surface area contributed by atoms with E-state index in [-0.39, 0.29) is 24.4 Å². The number of benzene rings is 1. The van der Waals surface area contributed by atoms with Crippen LogP contribution in [0.15, 0.2) is 24.3 Å². The van der Waals surface area contributed by atoms with Crippen molar-refractivity contribution < 1.29 is 9.53 Å². The van der Waals surface area contributed by atoms with Crippen LogP contribution in [0.2, 0.25) is 0 Å². The third-order valence-electron chi connectivity index (χ3n) is 3.24. The van der Waals surface area contributed by atoms with Gasteiger partial charge in [-0.15, -0.1) is 12.4 Å². The second-order valence-corrected chi connectivity index (χ2v) is 4.56. The van der Waals surface area contributed by atoms with E-state index in [1.807, 2.05) is 36.1 Å². The minimum Gasteiger partial charge on any atom is -0.493 e. The molecule has 0 bridgehead atoms. The first kappa shape index (κ1) is 15.8. The predicted molar refractivity (Wildman–Crippen MR) is 78.0 cm³/mol. The van der Waals surface area contributed by atoms with Gasteiger partial charge in [-0.3, -0.25) is 4.79 Å². The molecular weight excluding hydrogens is 264 g/mol. The van der Waals surface area contributed by atoms with Crippen LogP contribution in [-0.4, -0.2) is 36.5 Å². The third-order valence-corrected chi connectivity index (χ3v) is 3.24. The first-order valence-corrected chi connectivity index (χ1v) is 6.49. The van der Waals surface area contributed by atoms with Crippen molar-refractivity contribution in [3.05, 3.63) is 29.8 Å². The fourth-order valence-corrected chi connectivity index (χ4v) is 2.20. The summed E-state index contributed by atoms with van der Waals surface area (Å²) in [6, 6.07) is 7.64. The van der Waals surface area contributed by atoms with E-state index in [9.17, 15) is 4.79 Å². The Labute approximate surface area is 120 Å². The number of hydrogen-bond acceptors (Lipinski definition) is 3. The number of ether oxygens (including phenoxy) is 1. The smallest absolute Gasteiger partial charge is 0.257 e. The maximum Gasteiger partial charge on any atom is 0.257 e. The molecule has 1 aliphatic heterocycles. The second-order valence-electron chi connectivity index (χ2n) is 4.56. The first-order valence-electron chi connectivity index (χ1n) is 6.49. The Bertz CT molecular complexity index is 418. The van der Waals surface area contributed by atoms with Crippen molar-refractivity contribution >= 4 is 18.3 Å². The topological polar surface area (TPSA) is 55.6 Å². The van der Waals surface area contributed by atoms with Gasteiger partial charge in [0, 0.05) is 19.1 Å². The van der Waals surface area contributed by atoms with Crippen LogP contribution < -0.4 is 10.5 Å². The third kappa shape index (κ3) is 3.85. The lowest BCUT2D eigenvalue weighted by Crippen LogP contribution is -2.42. The number of carbonyl (C=O) groups excluding carboxylic acids is 1. The van der Waals surface area contributed by atoms with Crippen molar-refractivity contribution in [3.63, 3.8) is 0 Å². The van der Waals surface area contributed by atoms with Crippen molar-refractivity contribution in [1.82, 2.24) is 4.90 Å². The summed E-state index contributed by atoms with van der Waals surface area (Å²) in [5, 5.41) is 0. The van der Waals surface area contributed by atoms with Gasteiger partial charge < -0.3 is 15.4 Å². The number of nitrogens with two attached hydrogens (primary N) is 1. The molecule has 0 aliphatic carbocycles. The number of likely N-dealkylation sites (tertiary alicyclic amines) is 1. The number of piperidine rings is 1. The average molecular weight is 285 g/mol. The quantitative estimate of drug-likeness (QED) is 0.924. The fraction of sp³-hybridized carbons (Fsp3) is 0.500. The van der Waals surface area contributed by atoms with Crippen molar-refractivity contribution in [3.8, 4) is 5.75 Å². The molecule has 0 aromatic heterocycles. The molecule has 2 rings (SSSR count). The van der Waals surface area contributed by atoms with E-state index in [0.29, 0.717) is 17.9 Å². The highest BCUT2D eigenvalue weighted by molar-refractivity contribution is 5.97. The van der Waals surface area contributed by atoms with Gasteiger partial charge in [0.15, 0.2) is 0 Å². The number of carbonyl (C=O) groups is 1. The maximum atomic E-state index is 12.4. The van der Waals surface area contributed by atoms with Crippen LogP contribution in [0.25, 0.3) is 0 Å². The maximum absolute atomic E-state index is 12.4. The van der Waals surface area contributed by atoms with Gasteiger partial charge in [0.2, 0.25) is 0 Å². The molecular formula is C14H21ClN2O2. The predicted octanol–water partition coefficient (Wildman–Crippen LogP) is 2.07. The molecule has 1 aliphatic rings.